The summed E-state index contributed by atoms with van der Waals surface area (Å²) in [6, 6.07) is 5.25. The van der Waals surface area contributed by atoms with Crippen LogP contribution in [0, 0.1) is 0 Å². The van der Waals surface area contributed by atoms with Crippen LogP contribution < -0.4 is 16.0 Å². The largest absolute Gasteiger partial charge is 0.496 e. The minimum atomic E-state index is -0.249. The normalized spacial score (nSPS) is 12.4. The van der Waals surface area contributed by atoms with E-state index in [4.69, 9.17) is 22.2 Å². The van der Waals surface area contributed by atoms with E-state index in [-0.39, 0.29) is 6.04 Å². The second-order valence-electron chi connectivity index (χ2n) is 4.59. The van der Waals surface area contributed by atoms with E-state index < -0.39 is 0 Å². The van der Waals surface area contributed by atoms with Gasteiger partial charge in [0, 0.05) is 17.1 Å². The number of hydrazine groups is 1. The molecule has 0 radical (unpaired) electrons. The van der Waals surface area contributed by atoms with Gasteiger partial charge in [-0.25, -0.2) is 5.43 Å². The molecule has 7 heteroatoms. The highest BCUT2D eigenvalue weighted by molar-refractivity contribution is 9.10. The van der Waals surface area contributed by atoms with Crippen LogP contribution in [0.3, 0.4) is 0 Å². The minimum absolute atomic E-state index is 0.249. The Morgan fingerprint density at radius 3 is 2.90 bits per heavy atom. The van der Waals surface area contributed by atoms with Gasteiger partial charge in [0.15, 0.2) is 0 Å². The molecule has 2 rings (SSSR count). The number of nitrogens with two attached hydrogens (primary N) is 1. The Hall–Kier alpha value is -1.08. The predicted octanol–water partition coefficient (Wildman–Crippen LogP) is 3.27. The van der Waals surface area contributed by atoms with Crippen molar-refractivity contribution in [3.8, 4) is 5.75 Å². The number of methoxy groups -OCH3 is 1. The number of aryl methyl sites for hydroxylation is 1. The Morgan fingerprint density at radius 1 is 1.52 bits per heavy atom. The fourth-order valence-corrected chi connectivity index (χ4v) is 2.98. The van der Waals surface area contributed by atoms with Crippen LogP contribution in [0.15, 0.2) is 28.9 Å². The van der Waals surface area contributed by atoms with Gasteiger partial charge in [-0.3, -0.25) is 10.5 Å². The minimum Gasteiger partial charge on any atom is -0.496 e. The zero-order valence-electron chi connectivity index (χ0n) is 11.9. The van der Waals surface area contributed by atoms with E-state index in [0.29, 0.717) is 10.8 Å². The van der Waals surface area contributed by atoms with Gasteiger partial charge in [0.1, 0.15) is 5.75 Å². The lowest BCUT2D eigenvalue weighted by Gasteiger charge is -2.21. The molecule has 5 nitrogen and oxygen atoms in total. The molecule has 1 unspecified atom stereocenters. The molecule has 1 atom stereocenters. The van der Waals surface area contributed by atoms with Gasteiger partial charge in [0.25, 0.3) is 0 Å². The molecular formula is C14H18BrClN4O. The van der Waals surface area contributed by atoms with Gasteiger partial charge in [-0.1, -0.05) is 24.6 Å². The van der Waals surface area contributed by atoms with Gasteiger partial charge in [-0.05, 0) is 34.5 Å². The third kappa shape index (κ3) is 3.40. The van der Waals surface area contributed by atoms with Gasteiger partial charge in [-0.15, -0.1) is 0 Å². The third-order valence-corrected chi connectivity index (χ3v) is 4.06. The van der Waals surface area contributed by atoms with Crippen LogP contribution in [0.1, 0.15) is 30.6 Å². The van der Waals surface area contributed by atoms with E-state index in [1.807, 2.05) is 16.8 Å². The number of nitrogens with one attached hydrogen (secondary N) is 1. The molecule has 114 valence electrons. The quantitative estimate of drug-likeness (QED) is 0.602. The molecule has 3 N–H and O–H groups in total. The summed E-state index contributed by atoms with van der Waals surface area (Å²) in [4.78, 5) is 0. The molecule has 1 aromatic carbocycles. The van der Waals surface area contributed by atoms with Crippen molar-refractivity contribution in [1.82, 2.24) is 15.2 Å². The molecule has 0 aliphatic carbocycles. The standard InChI is InChI=1S/C14H18BrClN4O/c1-3-6-20-14(11(15)8-18-20)13(19-17)10-5-4-9(16)7-12(10)21-2/h4-5,7-8,13,19H,3,6,17H2,1-2H3. The number of hydrogen-bond acceptors (Lipinski definition) is 4. The first kappa shape index (κ1) is 16.3. The Balaban J connectivity index is 2.52. The average molecular weight is 374 g/mol. The van der Waals surface area contributed by atoms with Gasteiger partial charge in [0.2, 0.25) is 0 Å². The molecule has 2 aromatic rings. The molecule has 1 aromatic heterocycles. The molecule has 0 spiro atoms. The molecular weight excluding hydrogens is 356 g/mol. The van der Waals surface area contributed by atoms with Crippen molar-refractivity contribution >= 4 is 27.5 Å². The van der Waals surface area contributed by atoms with E-state index in [9.17, 15) is 0 Å². The van der Waals surface area contributed by atoms with E-state index in [1.54, 1.807) is 19.4 Å². The maximum absolute atomic E-state index is 6.02. The Bertz CT molecular complexity index is 617. The average Bonchev–Trinajstić information content (AvgIpc) is 2.83. The van der Waals surface area contributed by atoms with Crippen LogP contribution in [0.5, 0.6) is 5.75 Å². The zero-order valence-corrected chi connectivity index (χ0v) is 14.3. The molecule has 0 bridgehead atoms. The first-order chi connectivity index (χ1) is 10.1. The number of ether oxygens (including phenoxy) is 1. The molecule has 1 heterocycles. The second-order valence-corrected chi connectivity index (χ2v) is 5.88. The topological polar surface area (TPSA) is 65.1 Å². The molecule has 0 fully saturated rings. The zero-order chi connectivity index (χ0) is 15.4. The molecule has 0 saturated carbocycles. The van der Waals surface area contributed by atoms with Crippen molar-refractivity contribution in [1.29, 1.82) is 0 Å². The van der Waals surface area contributed by atoms with Gasteiger partial charge < -0.3 is 4.74 Å². The lowest BCUT2D eigenvalue weighted by Crippen LogP contribution is -2.31. The highest BCUT2D eigenvalue weighted by Crippen LogP contribution is 2.34. The number of nitrogens with zero attached hydrogens (tertiary/aromatic N) is 2. The molecule has 21 heavy (non-hydrogen) atoms. The van der Waals surface area contributed by atoms with E-state index in [1.165, 1.54) is 0 Å². The SMILES string of the molecule is CCCn1ncc(Br)c1C(NN)c1ccc(Cl)cc1OC. The van der Waals surface area contributed by atoms with Crippen molar-refractivity contribution in [2.24, 2.45) is 5.84 Å². The fraction of sp³-hybridized carbons (Fsp3) is 0.357. The Labute approximate surface area is 137 Å². The van der Waals surface area contributed by atoms with Crippen LogP contribution in [-0.4, -0.2) is 16.9 Å². The summed E-state index contributed by atoms with van der Waals surface area (Å²) in [6.07, 6.45) is 2.76. The van der Waals surface area contributed by atoms with E-state index in [2.05, 4.69) is 33.4 Å². The lowest BCUT2D eigenvalue weighted by molar-refractivity contribution is 0.401. The summed E-state index contributed by atoms with van der Waals surface area (Å²) in [7, 11) is 1.61. The van der Waals surface area contributed by atoms with Gasteiger partial charge in [-0.2, -0.15) is 5.10 Å². The lowest BCUT2D eigenvalue weighted by atomic mass is 10.0. The first-order valence-corrected chi connectivity index (χ1v) is 7.80. The highest BCUT2D eigenvalue weighted by Gasteiger charge is 2.23. The van der Waals surface area contributed by atoms with E-state index in [0.717, 1.165) is 28.7 Å². The second kappa shape index (κ2) is 7.26. The number of halogens is 2. The number of benzene rings is 1. The van der Waals surface area contributed by atoms with Crippen LogP contribution >= 0.6 is 27.5 Å². The van der Waals surface area contributed by atoms with Crippen molar-refractivity contribution in [2.45, 2.75) is 25.9 Å². The number of rotatable bonds is 6. The summed E-state index contributed by atoms with van der Waals surface area (Å²) in [5.41, 5.74) is 4.70. The van der Waals surface area contributed by atoms with Gasteiger partial charge >= 0.3 is 0 Å². The fourth-order valence-electron chi connectivity index (χ4n) is 2.29. The first-order valence-electron chi connectivity index (χ1n) is 6.63. The molecule has 0 amide bonds. The monoisotopic (exact) mass is 372 g/mol. The van der Waals surface area contributed by atoms with Crippen molar-refractivity contribution in [3.63, 3.8) is 0 Å². The smallest absolute Gasteiger partial charge is 0.125 e. The predicted molar refractivity (Wildman–Crippen MR) is 87.4 cm³/mol. The van der Waals surface area contributed by atoms with Crippen LogP contribution in [0.25, 0.3) is 0 Å². The van der Waals surface area contributed by atoms with Crippen LogP contribution in [-0.2, 0) is 6.54 Å². The summed E-state index contributed by atoms with van der Waals surface area (Å²) >= 11 is 9.56. The van der Waals surface area contributed by atoms with E-state index >= 15 is 0 Å². The Kier molecular flexibility index (Phi) is 5.64. The van der Waals surface area contributed by atoms with Gasteiger partial charge in [0.05, 0.1) is 29.5 Å². The van der Waals surface area contributed by atoms with Crippen LogP contribution in [0.2, 0.25) is 5.02 Å². The number of hydrogen-bond donors (Lipinski definition) is 2. The summed E-state index contributed by atoms with van der Waals surface area (Å²) in [5, 5.41) is 5.00. The molecule has 0 aliphatic heterocycles. The molecule has 0 saturated heterocycles. The van der Waals surface area contributed by atoms with Crippen molar-refractivity contribution in [2.75, 3.05) is 7.11 Å². The van der Waals surface area contributed by atoms with Crippen LogP contribution in [0.4, 0.5) is 0 Å². The maximum atomic E-state index is 6.02. The third-order valence-electron chi connectivity index (χ3n) is 3.22. The molecule has 0 aliphatic rings. The maximum Gasteiger partial charge on any atom is 0.125 e. The van der Waals surface area contributed by atoms with Crippen molar-refractivity contribution in [3.05, 3.63) is 45.1 Å². The summed E-state index contributed by atoms with van der Waals surface area (Å²) in [5.74, 6) is 6.47. The van der Waals surface area contributed by atoms with Crippen molar-refractivity contribution < 1.29 is 4.74 Å². The summed E-state index contributed by atoms with van der Waals surface area (Å²) in [6.45, 7) is 2.92. The summed E-state index contributed by atoms with van der Waals surface area (Å²) < 4.78 is 8.25. The highest BCUT2D eigenvalue weighted by atomic mass is 79.9. The Morgan fingerprint density at radius 2 is 2.29 bits per heavy atom. The number of aromatic nitrogens is 2.